The zero-order valence-electron chi connectivity index (χ0n) is 19.4. The van der Waals surface area contributed by atoms with Gasteiger partial charge in [0.2, 0.25) is 5.91 Å². The fourth-order valence-electron chi connectivity index (χ4n) is 4.29. The molecule has 0 aliphatic heterocycles. The molecule has 0 aromatic heterocycles. The van der Waals surface area contributed by atoms with Crippen molar-refractivity contribution in [2.75, 3.05) is 13.2 Å². The fourth-order valence-corrected chi connectivity index (χ4v) is 4.29. The second-order valence-electron chi connectivity index (χ2n) is 11.0. The van der Waals surface area contributed by atoms with Gasteiger partial charge in [-0.25, -0.2) is 0 Å². The molecule has 2 unspecified atom stereocenters. The first-order chi connectivity index (χ1) is 13.2. The van der Waals surface area contributed by atoms with Crippen LogP contribution in [0.1, 0.15) is 87.0 Å². The van der Waals surface area contributed by atoms with E-state index in [2.05, 4.69) is 26.1 Å². The number of aliphatic carboxylic acids is 1. The molecule has 0 bridgehead atoms. The summed E-state index contributed by atoms with van der Waals surface area (Å²) in [6.45, 7) is 14.5. The van der Waals surface area contributed by atoms with Gasteiger partial charge in [0.15, 0.2) is 0 Å². The van der Waals surface area contributed by atoms with Gasteiger partial charge in [0.25, 0.3) is 0 Å². The maximum Gasteiger partial charge on any atom is 0.316 e. The van der Waals surface area contributed by atoms with E-state index in [9.17, 15) is 19.5 Å². The Morgan fingerprint density at radius 2 is 1.55 bits per heavy atom. The lowest BCUT2D eigenvalue weighted by molar-refractivity contribution is -0.165. The molecule has 6 nitrogen and oxygen atoms in total. The molecule has 1 aliphatic rings. The summed E-state index contributed by atoms with van der Waals surface area (Å²) in [6, 6.07) is 0. The van der Waals surface area contributed by atoms with Crippen LogP contribution in [-0.2, 0) is 19.1 Å². The van der Waals surface area contributed by atoms with Gasteiger partial charge in [-0.3, -0.25) is 14.4 Å². The summed E-state index contributed by atoms with van der Waals surface area (Å²) in [5.41, 5.74) is -0.985. The van der Waals surface area contributed by atoms with E-state index in [0.717, 1.165) is 32.1 Å². The molecule has 1 amide bonds. The van der Waals surface area contributed by atoms with Crippen molar-refractivity contribution in [3.05, 3.63) is 0 Å². The van der Waals surface area contributed by atoms with Crippen LogP contribution >= 0.6 is 0 Å². The number of rotatable bonds is 8. The second-order valence-corrected chi connectivity index (χ2v) is 11.0. The summed E-state index contributed by atoms with van der Waals surface area (Å²) in [7, 11) is 0. The van der Waals surface area contributed by atoms with Gasteiger partial charge in [-0.1, -0.05) is 60.8 Å². The molecule has 0 aromatic rings. The molecule has 1 fully saturated rings. The minimum Gasteiger partial charge on any atom is -0.481 e. The number of carbonyl (C=O) groups excluding carboxylic acids is 2. The zero-order valence-corrected chi connectivity index (χ0v) is 19.4. The maximum atomic E-state index is 12.9. The standard InChI is InChI=1S/C23H41NO5/c1-21(2,3)15-23(7,22(4,5)6)20(28)29-14-13-24-18(25)17(19(26)27)16-11-9-8-10-12-16/h16-17H,8-15H2,1-7H3,(H,24,25)(H,26,27). The lowest BCUT2D eigenvalue weighted by Crippen LogP contribution is -2.45. The Morgan fingerprint density at radius 3 is 2.00 bits per heavy atom. The maximum absolute atomic E-state index is 12.9. The number of ether oxygens (including phenoxy) is 1. The normalized spacial score (nSPS) is 19.1. The average molecular weight is 412 g/mol. The van der Waals surface area contributed by atoms with Crippen molar-refractivity contribution in [2.24, 2.45) is 28.1 Å². The first-order valence-corrected chi connectivity index (χ1v) is 10.9. The molecule has 29 heavy (non-hydrogen) atoms. The van der Waals surface area contributed by atoms with Gasteiger partial charge in [-0.15, -0.1) is 0 Å². The van der Waals surface area contributed by atoms with Crippen molar-refractivity contribution in [1.82, 2.24) is 5.32 Å². The van der Waals surface area contributed by atoms with Crippen LogP contribution in [0.15, 0.2) is 0 Å². The highest BCUT2D eigenvalue weighted by atomic mass is 16.5. The van der Waals surface area contributed by atoms with Gasteiger partial charge in [0, 0.05) is 0 Å². The molecule has 0 radical (unpaired) electrons. The SMILES string of the molecule is CC(C)(C)CC(C)(C(=O)OCCNC(=O)C(C(=O)O)C1CCCCC1)C(C)(C)C. The highest BCUT2D eigenvalue weighted by Crippen LogP contribution is 2.47. The van der Waals surface area contributed by atoms with Gasteiger partial charge in [0.1, 0.15) is 12.5 Å². The molecule has 0 aromatic carbocycles. The van der Waals surface area contributed by atoms with Crippen LogP contribution < -0.4 is 5.32 Å². The summed E-state index contributed by atoms with van der Waals surface area (Å²) >= 11 is 0. The van der Waals surface area contributed by atoms with E-state index in [1.54, 1.807) is 0 Å². The molecular formula is C23H41NO5. The molecule has 0 heterocycles. The van der Waals surface area contributed by atoms with Crippen LogP contribution in [0.4, 0.5) is 0 Å². The van der Waals surface area contributed by atoms with Crippen molar-refractivity contribution >= 4 is 17.8 Å². The smallest absolute Gasteiger partial charge is 0.316 e. The van der Waals surface area contributed by atoms with E-state index in [4.69, 9.17) is 4.74 Å². The van der Waals surface area contributed by atoms with Crippen LogP contribution in [0.2, 0.25) is 0 Å². The van der Waals surface area contributed by atoms with Crippen molar-refractivity contribution in [1.29, 1.82) is 0 Å². The predicted molar refractivity (Wildman–Crippen MR) is 113 cm³/mol. The first-order valence-electron chi connectivity index (χ1n) is 10.9. The number of carboxylic acids is 1. The van der Waals surface area contributed by atoms with E-state index >= 15 is 0 Å². The summed E-state index contributed by atoms with van der Waals surface area (Å²) in [5, 5.41) is 12.2. The summed E-state index contributed by atoms with van der Waals surface area (Å²) in [4.78, 5) is 36.9. The Morgan fingerprint density at radius 1 is 1.00 bits per heavy atom. The van der Waals surface area contributed by atoms with Crippen molar-refractivity contribution < 1.29 is 24.2 Å². The summed E-state index contributed by atoms with van der Waals surface area (Å²) in [5.74, 6) is -2.96. The number of hydrogen-bond acceptors (Lipinski definition) is 4. The van der Waals surface area contributed by atoms with Gasteiger partial charge < -0.3 is 15.2 Å². The zero-order chi connectivity index (χ0) is 22.5. The van der Waals surface area contributed by atoms with E-state index in [1.807, 2.05) is 27.7 Å². The monoisotopic (exact) mass is 411 g/mol. The van der Waals surface area contributed by atoms with Crippen LogP contribution in [0.3, 0.4) is 0 Å². The highest BCUT2D eigenvalue weighted by Gasteiger charge is 2.47. The Balaban J connectivity index is 2.63. The Hall–Kier alpha value is -1.59. The van der Waals surface area contributed by atoms with Crippen LogP contribution in [-0.4, -0.2) is 36.1 Å². The quantitative estimate of drug-likeness (QED) is 0.350. The molecule has 1 rings (SSSR count). The second kappa shape index (κ2) is 9.94. The first kappa shape index (κ1) is 25.4. The molecular weight excluding hydrogens is 370 g/mol. The van der Waals surface area contributed by atoms with Crippen molar-refractivity contribution in [3.8, 4) is 0 Å². The number of carboxylic acid groups (broad SMARTS) is 1. The Labute approximate surface area is 176 Å². The summed E-state index contributed by atoms with van der Waals surface area (Å²) < 4.78 is 5.51. The lowest BCUT2D eigenvalue weighted by atomic mass is 9.61. The van der Waals surface area contributed by atoms with E-state index in [-0.39, 0.29) is 35.9 Å². The molecule has 0 saturated heterocycles. The van der Waals surface area contributed by atoms with Gasteiger partial charge >= 0.3 is 11.9 Å². The minimum absolute atomic E-state index is 0.0377. The number of nitrogens with one attached hydrogen (secondary N) is 1. The van der Waals surface area contributed by atoms with Crippen molar-refractivity contribution in [2.45, 2.75) is 87.0 Å². The Kier molecular flexibility index (Phi) is 8.73. The summed E-state index contributed by atoms with van der Waals surface area (Å²) in [6.07, 6.45) is 5.27. The molecule has 2 N–H and O–H groups in total. The lowest BCUT2D eigenvalue weighted by Gasteiger charge is -2.43. The van der Waals surface area contributed by atoms with E-state index in [1.165, 1.54) is 0 Å². The van der Waals surface area contributed by atoms with Gasteiger partial charge in [-0.2, -0.15) is 0 Å². The number of amides is 1. The van der Waals surface area contributed by atoms with E-state index in [0.29, 0.717) is 6.42 Å². The van der Waals surface area contributed by atoms with Crippen molar-refractivity contribution in [3.63, 3.8) is 0 Å². The topological polar surface area (TPSA) is 92.7 Å². The average Bonchev–Trinajstić information content (AvgIpc) is 2.56. The fraction of sp³-hybridized carbons (Fsp3) is 0.870. The third kappa shape index (κ3) is 7.31. The highest BCUT2D eigenvalue weighted by molar-refractivity contribution is 5.97. The van der Waals surface area contributed by atoms with Crippen LogP contribution in [0.5, 0.6) is 0 Å². The molecule has 0 spiro atoms. The van der Waals surface area contributed by atoms with Crippen LogP contribution in [0.25, 0.3) is 0 Å². The minimum atomic E-state index is -1.07. The van der Waals surface area contributed by atoms with Gasteiger partial charge in [-0.05, 0) is 42.9 Å². The van der Waals surface area contributed by atoms with E-state index < -0.39 is 23.2 Å². The van der Waals surface area contributed by atoms with Crippen LogP contribution in [0, 0.1) is 28.1 Å². The molecule has 2 atom stereocenters. The molecule has 6 heteroatoms. The number of esters is 1. The molecule has 1 aliphatic carbocycles. The molecule has 168 valence electrons. The predicted octanol–water partition coefficient (Wildman–Crippen LogP) is 4.42. The molecule has 1 saturated carbocycles. The Bertz CT molecular complexity index is 581. The van der Waals surface area contributed by atoms with Gasteiger partial charge in [0.05, 0.1) is 12.0 Å². The number of carbonyl (C=O) groups is 3. The number of hydrogen-bond donors (Lipinski definition) is 2. The third-order valence-electron chi connectivity index (χ3n) is 6.29. The third-order valence-corrected chi connectivity index (χ3v) is 6.29. The largest absolute Gasteiger partial charge is 0.481 e.